The quantitative estimate of drug-likeness (QED) is 0.806. The molecule has 0 bridgehead atoms. The third kappa shape index (κ3) is 3.76. The number of nitrogens with zero attached hydrogens (tertiary/aromatic N) is 3. The molecule has 1 N–H and O–H groups in total. The van der Waals surface area contributed by atoms with Crippen molar-refractivity contribution in [3.05, 3.63) is 47.5 Å². The highest BCUT2D eigenvalue weighted by atomic mass is 19.4. The highest BCUT2D eigenvalue weighted by Gasteiger charge is 2.57. The van der Waals surface area contributed by atoms with E-state index in [4.69, 9.17) is 0 Å². The lowest BCUT2D eigenvalue weighted by Crippen LogP contribution is -2.57. The van der Waals surface area contributed by atoms with Gasteiger partial charge in [-0.1, -0.05) is 0 Å². The van der Waals surface area contributed by atoms with Gasteiger partial charge < -0.3 is 10.0 Å². The van der Waals surface area contributed by atoms with Gasteiger partial charge in [0.15, 0.2) is 0 Å². The highest BCUT2D eigenvalue weighted by Crippen LogP contribution is 2.34. The monoisotopic (exact) mass is 399 g/mol. The maximum atomic E-state index is 13.1. The first-order valence-corrected chi connectivity index (χ1v) is 8.91. The molecule has 1 amide bonds. The molecule has 1 aromatic heterocycles. The number of aliphatic hydroxyl groups is 1. The largest absolute Gasteiger partial charge is 0.426 e. The Morgan fingerprint density at radius 3 is 2.29 bits per heavy atom. The van der Waals surface area contributed by atoms with Crippen LogP contribution < -0.4 is 0 Å². The van der Waals surface area contributed by atoms with Gasteiger partial charge in [0, 0.05) is 24.7 Å². The molecule has 9 heteroatoms. The number of likely N-dealkylation sites (tertiary alicyclic amines) is 1. The van der Waals surface area contributed by atoms with Crippen LogP contribution in [0, 0.1) is 12.7 Å². The fraction of sp³-hybridized carbons (Fsp3) is 0.474. The van der Waals surface area contributed by atoms with Crippen LogP contribution in [-0.2, 0) is 4.79 Å². The second kappa shape index (κ2) is 7.20. The Hall–Kier alpha value is -2.42. The number of halogens is 4. The fourth-order valence-electron chi connectivity index (χ4n) is 3.35. The summed E-state index contributed by atoms with van der Waals surface area (Å²) in [5.41, 5.74) is -1.06. The van der Waals surface area contributed by atoms with Crippen molar-refractivity contribution in [3.8, 4) is 5.69 Å². The lowest BCUT2D eigenvalue weighted by atomic mass is 9.92. The highest BCUT2D eigenvalue weighted by molar-refractivity contribution is 5.85. The van der Waals surface area contributed by atoms with Gasteiger partial charge >= 0.3 is 6.18 Å². The molecule has 0 spiro atoms. The molecule has 1 saturated heterocycles. The van der Waals surface area contributed by atoms with Crippen LogP contribution in [0.3, 0.4) is 0 Å². The van der Waals surface area contributed by atoms with Gasteiger partial charge in [0.25, 0.3) is 5.91 Å². The van der Waals surface area contributed by atoms with Crippen molar-refractivity contribution in [2.45, 2.75) is 44.4 Å². The second-order valence-corrected chi connectivity index (χ2v) is 7.24. The number of rotatable bonds is 3. The third-order valence-electron chi connectivity index (χ3n) is 5.15. The average Bonchev–Trinajstić information content (AvgIpc) is 3.02. The van der Waals surface area contributed by atoms with E-state index < -0.39 is 17.7 Å². The molecule has 3 rings (SSSR count). The Labute approximate surface area is 159 Å². The summed E-state index contributed by atoms with van der Waals surface area (Å²) in [5, 5.41) is 14.1. The van der Waals surface area contributed by atoms with Crippen molar-refractivity contribution < 1.29 is 27.5 Å². The number of hydrogen-bond acceptors (Lipinski definition) is 3. The molecule has 0 radical (unpaired) electrons. The number of carbonyl (C=O) groups excluding carboxylic acids is 1. The summed E-state index contributed by atoms with van der Waals surface area (Å²) in [6.45, 7) is 2.56. The lowest BCUT2D eigenvalue weighted by Gasteiger charge is -2.36. The third-order valence-corrected chi connectivity index (χ3v) is 5.15. The molecule has 0 aliphatic carbocycles. The summed E-state index contributed by atoms with van der Waals surface area (Å²) >= 11 is 0. The minimum Gasteiger partial charge on any atom is -0.373 e. The smallest absolute Gasteiger partial charge is 0.373 e. The molecule has 1 atom stereocenters. The molecule has 152 valence electrons. The van der Waals surface area contributed by atoms with E-state index in [2.05, 4.69) is 5.10 Å². The van der Waals surface area contributed by atoms with E-state index in [1.807, 2.05) is 13.0 Å². The molecule has 1 aliphatic heterocycles. The topological polar surface area (TPSA) is 58.4 Å². The summed E-state index contributed by atoms with van der Waals surface area (Å²) < 4.78 is 53.4. The molecule has 1 aromatic carbocycles. The van der Waals surface area contributed by atoms with Crippen LogP contribution in [0.25, 0.3) is 5.69 Å². The summed E-state index contributed by atoms with van der Waals surface area (Å²) in [5.74, 6) is -1.69. The SMILES string of the molecule is Cc1cc(C2CCN(C(=O)[C@@](C)(O)C(F)(F)F)CC2)nn1-c1ccc(F)cc1. The summed E-state index contributed by atoms with van der Waals surface area (Å²) in [6, 6.07) is 7.79. The molecule has 5 nitrogen and oxygen atoms in total. The number of piperidine rings is 1. The summed E-state index contributed by atoms with van der Waals surface area (Å²) in [7, 11) is 0. The average molecular weight is 399 g/mol. The first-order chi connectivity index (χ1) is 13.0. The number of carbonyl (C=O) groups is 1. The van der Waals surface area contributed by atoms with Gasteiger partial charge in [-0.05, 0) is 57.0 Å². The summed E-state index contributed by atoms with van der Waals surface area (Å²) in [6.07, 6.45) is -4.13. The zero-order chi connectivity index (χ0) is 20.7. The Kier molecular flexibility index (Phi) is 5.22. The van der Waals surface area contributed by atoms with Crippen molar-refractivity contribution in [1.29, 1.82) is 0 Å². The molecule has 0 saturated carbocycles. The first-order valence-electron chi connectivity index (χ1n) is 8.91. The van der Waals surface area contributed by atoms with Crippen LogP contribution in [0.2, 0.25) is 0 Å². The van der Waals surface area contributed by atoms with Crippen molar-refractivity contribution in [2.75, 3.05) is 13.1 Å². The van der Waals surface area contributed by atoms with Crippen molar-refractivity contribution >= 4 is 5.91 Å². The molecule has 2 aromatic rings. The van der Waals surface area contributed by atoms with Gasteiger partial charge in [0.2, 0.25) is 5.60 Å². The van der Waals surface area contributed by atoms with E-state index in [0.717, 1.165) is 16.3 Å². The van der Waals surface area contributed by atoms with E-state index in [1.54, 1.807) is 16.8 Å². The molecule has 1 fully saturated rings. The van der Waals surface area contributed by atoms with Crippen LogP contribution in [0.5, 0.6) is 0 Å². The van der Waals surface area contributed by atoms with Crippen LogP contribution >= 0.6 is 0 Å². The van der Waals surface area contributed by atoms with E-state index >= 15 is 0 Å². The number of alkyl halides is 3. The molecular weight excluding hydrogens is 378 g/mol. The van der Waals surface area contributed by atoms with E-state index in [0.29, 0.717) is 25.5 Å². The van der Waals surface area contributed by atoms with E-state index in [9.17, 15) is 27.5 Å². The molecule has 0 unspecified atom stereocenters. The predicted octanol–water partition coefficient (Wildman–Crippen LogP) is 3.34. The van der Waals surface area contributed by atoms with Gasteiger partial charge in [-0.2, -0.15) is 18.3 Å². The Balaban J connectivity index is 1.70. The second-order valence-electron chi connectivity index (χ2n) is 7.24. The van der Waals surface area contributed by atoms with Gasteiger partial charge in [-0.15, -0.1) is 0 Å². The van der Waals surface area contributed by atoms with Gasteiger partial charge in [0.1, 0.15) is 5.82 Å². The molecule has 28 heavy (non-hydrogen) atoms. The minimum atomic E-state index is -5.02. The van der Waals surface area contributed by atoms with Crippen molar-refractivity contribution in [3.63, 3.8) is 0 Å². The first kappa shape index (κ1) is 20.3. The fourth-order valence-corrected chi connectivity index (χ4v) is 3.35. The van der Waals surface area contributed by atoms with Gasteiger partial charge in [0.05, 0.1) is 11.4 Å². The Morgan fingerprint density at radius 2 is 1.75 bits per heavy atom. The standard InChI is InChI=1S/C19H21F4N3O2/c1-12-11-16(24-26(12)15-5-3-14(20)4-6-15)13-7-9-25(10-8-13)17(27)18(2,28)19(21,22)23/h3-6,11,13,28H,7-10H2,1-2H3/t18-/m1/s1. The zero-order valence-electron chi connectivity index (χ0n) is 15.5. The van der Waals surface area contributed by atoms with Crippen LogP contribution in [0.4, 0.5) is 17.6 Å². The lowest BCUT2D eigenvalue weighted by molar-refractivity contribution is -0.250. The van der Waals surface area contributed by atoms with E-state index in [-0.39, 0.29) is 24.8 Å². The number of aromatic nitrogens is 2. The predicted molar refractivity (Wildman–Crippen MR) is 93.5 cm³/mol. The Bertz CT molecular complexity index is 851. The number of hydrogen-bond donors (Lipinski definition) is 1. The number of aryl methyl sites for hydroxylation is 1. The van der Waals surface area contributed by atoms with Crippen LogP contribution in [0.15, 0.2) is 30.3 Å². The van der Waals surface area contributed by atoms with Gasteiger partial charge in [-0.3, -0.25) is 4.79 Å². The number of benzene rings is 1. The number of amides is 1. The molecule has 2 heterocycles. The maximum Gasteiger partial charge on any atom is 0.426 e. The van der Waals surface area contributed by atoms with E-state index in [1.165, 1.54) is 12.1 Å². The minimum absolute atomic E-state index is 0.0136. The summed E-state index contributed by atoms with van der Waals surface area (Å²) in [4.78, 5) is 13.1. The van der Waals surface area contributed by atoms with Crippen LogP contribution in [-0.4, -0.2) is 50.6 Å². The van der Waals surface area contributed by atoms with Crippen molar-refractivity contribution in [1.82, 2.24) is 14.7 Å². The zero-order valence-corrected chi connectivity index (χ0v) is 15.5. The Morgan fingerprint density at radius 1 is 1.18 bits per heavy atom. The normalized spacial score (nSPS) is 18.2. The maximum absolute atomic E-state index is 13.1. The molecular formula is C19H21F4N3O2. The van der Waals surface area contributed by atoms with Gasteiger partial charge in [-0.25, -0.2) is 9.07 Å². The molecule has 1 aliphatic rings. The van der Waals surface area contributed by atoms with Crippen LogP contribution in [0.1, 0.15) is 37.1 Å². The van der Waals surface area contributed by atoms with Crippen molar-refractivity contribution in [2.24, 2.45) is 0 Å².